The maximum Gasteiger partial charge on any atom is 0.0419 e. The number of allylic oxidation sites excluding steroid dienone is 1. The summed E-state index contributed by atoms with van der Waals surface area (Å²) in [6.45, 7) is 8.56. The Labute approximate surface area is 57.5 Å². The number of hydrogen-bond acceptors (Lipinski definition) is 1. The molecule has 0 aromatic carbocycles. The minimum absolute atomic E-state index is 0.863. The second-order valence-electron chi connectivity index (χ2n) is 2.16. The van der Waals surface area contributed by atoms with Gasteiger partial charge in [0, 0.05) is 6.54 Å². The Kier molecular flexibility index (Phi) is 5.18. The SMILES string of the molecule is C=NCCC(C)=CCC. The molecule has 0 bridgehead atoms. The Hall–Kier alpha value is -0.590. The fourth-order valence-electron chi connectivity index (χ4n) is 0.706. The highest BCUT2D eigenvalue weighted by Crippen LogP contribution is 2.00. The first-order valence-corrected chi connectivity index (χ1v) is 3.39. The molecular formula is C8H15N. The van der Waals surface area contributed by atoms with E-state index >= 15 is 0 Å². The van der Waals surface area contributed by atoms with E-state index in [-0.39, 0.29) is 0 Å². The van der Waals surface area contributed by atoms with Gasteiger partial charge in [-0.05, 0) is 26.5 Å². The van der Waals surface area contributed by atoms with Crippen molar-refractivity contribution < 1.29 is 0 Å². The predicted molar refractivity (Wildman–Crippen MR) is 43.1 cm³/mol. The lowest BCUT2D eigenvalue weighted by molar-refractivity contribution is 0.945. The zero-order chi connectivity index (χ0) is 7.11. The minimum atomic E-state index is 0.863. The van der Waals surface area contributed by atoms with Crippen molar-refractivity contribution in [2.24, 2.45) is 4.99 Å². The summed E-state index contributed by atoms with van der Waals surface area (Å²) in [6.07, 6.45) is 4.42. The topological polar surface area (TPSA) is 12.4 Å². The van der Waals surface area contributed by atoms with Crippen LogP contribution in [-0.2, 0) is 0 Å². The van der Waals surface area contributed by atoms with Gasteiger partial charge in [0.05, 0.1) is 0 Å². The molecule has 0 aliphatic rings. The second kappa shape index (κ2) is 5.54. The molecule has 0 radical (unpaired) electrons. The number of aliphatic imine (C=N–C) groups is 1. The van der Waals surface area contributed by atoms with E-state index in [1.165, 1.54) is 5.57 Å². The standard InChI is InChI=1S/C8H15N/c1-4-5-8(2)6-7-9-3/h5H,3-4,6-7H2,1-2H3. The van der Waals surface area contributed by atoms with E-state index in [1.54, 1.807) is 0 Å². The smallest absolute Gasteiger partial charge is 0.0419 e. The monoisotopic (exact) mass is 125 g/mol. The van der Waals surface area contributed by atoms with Gasteiger partial charge in [-0.25, -0.2) is 0 Å². The lowest BCUT2D eigenvalue weighted by Gasteiger charge is -1.94. The van der Waals surface area contributed by atoms with Crippen LogP contribution in [0.2, 0.25) is 0 Å². The van der Waals surface area contributed by atoms with Gasteiger partial charge in [0.1, 0.15) is 0 Å². The fraction of sp³-hybridized carbons (Fsp3) is 0.625. The molecule has 52 valence electrons. The van der Waals surface area contributed by atoms with Gasteiger partial charge in [0.2, 0.25) is 0 Å². The van der Waals surface area contributed by atoms with Gasteiger partial charge in [-0.2, -0.15) is 0 Å². The molecule has 0 N–H and O–H groups in total. The van der Waals surface area contributed by atoms with Crippen LogP contribution in [0.15, 0.2) is 16.6 Å². The molecule has 0 saturated heterocycles. The van der Waals surface area contributed by atoms with Gasteiger partial charge in [0.25, 0.3) is 0 Å². The highest BCUT2D eigenvalue weighted by atomic mass is 14.7. The predicted octanol–water partition coefficient (Wildman–Crippen LogP) is 2.43. The zero-order valence-corrected chi connectivity index (χ0v) is 6.35. The van der Waals surface area contributed by atoms with Crippen molar-refractivity contribution >= 4 is 6.72 Å². The van der Waals surface area contributed by atoms with Crippen LogP contribution in [0.1, 0.15) is 26.7 Å². The van der Waals surface area contributed by atoms with Crippen LogP contribution in [0, 0.1) is 0 Å². The summed E-state index contributed by atoms with van der Waals surface area (Å²) in [5.41, 5.74) is 1.42. The maximum absolute atomic E-state index is 3.77. The van der Waals surface area contributed by atoms with Crippen LogP contribution in [-0.4, -0.2) is 13.3 Å². The van der Waals surface area contributed by atoms with Gasteiger partial charge in [-0.1, -0.05) is 18.6 Å². The van der Waals surface area contributed by atoms with Crippen molar-refractivity contribution in [2.75, 3.05) is 6.54 Å². The van der Waals surface area contributed by atoms with E-state index in [0.717, 1.165) is 19.4 Å². The second-order valence-corrected chi connectivity index (χ2v) is 2.16. The molecule has 0 aliphatic carbocycles. The van der Waals surface area contributed by atoms with Gasteiger partial charge < -0.3 is 4.99 Å². The summed E-state index contributed by atoms with van der Waals surface area (Å²) >= 11 is 0. The quantitative estimate of drug-likeness (QED) is 0.404. The summed E-state index contributed by atoms with van der Waals surface area (Å²) in [6, 6.07) is 0. The van der Waals surface area contributed by atoms with E-state index in [4.69, 9.17) is 0 Å². The third kappa shape index (κ3) is 5.28. The number of hydrogen-bond donors (Lipinski definition) is 0. The van der Waals surface area contributed by atoms with E-state index in [9.17, 15) is 0 Å². The first kappa shape index (κ1) is 8.41. The van der Waals surface area contributed by atoms with Crippen molar-refractivity contribution in [3.05, 3.63) is 11.6 Å². The van der Waals surface area contributed by atoms with E-state index in [2.05, 4.69) is 31.6 Å². The molecule has 0 spiro atoms. The Morgan fingerprint density at radius 1 is 1.67 bits per heavy atom. The third-order valence-electron chi connectivity index (χ3n) is 1.22. The molecule has 1 nitrogen and oxygen atoms in total. The maximum atomic E-state index is 3.77. The van der Waals surface area contributed by atoms with Crippen molar-refractivity contribution in [2.45, 2.75) is 26.7 Å². The van der Waals surface area contributed by atoms with Crippen LogP contribution in [0.4, 0.5) is 0 Å². The largest absolute Gasteiger partial charge is 0.301 e. The Morgan fingerprint density at radius 3 is 2.78 bits per heavy atom. The van der Waals surface area contributed by atoms with Crippen molar-refractivity contribution in [1.82, 2.24) is 0 Å². The van der Waals surface area contributed by atoms with Crippen LogP contribution < -0.4 is 0 Å². The van der Waals surface area contributed by atoms with E-state index in [1.807, 2.05) is 0 Å². The molecule has 0 saturated carbocycles. The normalized spacial score (nSPS) is 11.6. The Bertz CT molecular complexity index is 103. The van der Waals surface area contributed by atoms with Crippen LogP contribution in [0.3, 0.4) is 0 Å². The molecule has 0 unspecified atom stereocenters. The molecule has 0 heterocycles. The molecule has 0 aromatic heterocycles. The van der Waals surface area contributed by atoms with Crippen molar-refractivity contribution in [3.63, 3.8) is 0 Å². The first-order valence-electron chi connectivity index (χ1n) is 3.39. The molecule has 9 heavy (non-hydrogen) atoms. The number of rotatable bonds is 4. The molecular weight excluding hydrogens is 110 g/mol. The fourth-order valence-corrected chi connectivity index (χ4v) is 0.706. The zero-order valence-electron chi connectivity index (χ0n) is 6.35. The van der Waals surface area contributed by atoms with E-state index < -0.39 is 0 Å². The summed E-state index contributed by atoms with van der Waals surface area (Å²) in [7, 11) is 0. The molecule has 0 amide bonds. The Morgan fingerprint density at radius 2 is 2.33 bits per heavy atom. The lowest BCUT2D eigenvalue weighted by Crippen LogP contribution is -1.80. The molecule has 0 fully saturated rings. The summed E-state index contributed by atoms with van der Waals surface area (Å²) in [5, 5.41) is 0. The van der Waals surface area contributed by atoms with E-state index in [0.29, 0.717) is 0 Å². The Balaban J connectivity index is 3.36. The molecule has 0 rings (SSSR count). The molecule has 0 aromatic rings. The summed E-state index contributed by atoms with van der Waals surface area (Å²) in [5.74, 6) is 0. The lowest BCUT2D eigenvalue weighted by atomic mass is 10.2. The summed E-state index contributed by atoms with van der Waals surface area (Å²) in [4.78, 5) is 3.77. The van der Waals surface area contributed by atoms with Gasteiger partial charge in [0.15, 0.2) is 0 Å². The minimum Gasteiger partial charge on any atom is -0.301 e. The average molecular weight is 125 g/mol. The van der Waals surface area contributed by atoms with Gasteiger partial charge in [-0.15, -0.1) is 0 Å². The molecule has 1 heteroatoms. The highest BCUT2D eigenvalue weighted by Gasteiger charge is 1.84. The van der Waals surface area contributed by atoms with Crippen molar-refractivity contribution in [3.8, 4) is 0 Å². The first-order chi connectivity index (χ1) is 4.31. The van der Waals surface area contributed by atoms with Crippen molar-refractivity contribution in [1.29, 1.82) is 0 Å². The van der Waals surface area contributed by atoms with Crippen LogP contribution in [0.5, 0.6) is 0 Å². The average Bonchev–Trinajstić information content (AvgIpc) is 1.85. The van der Waals surface area contributed by atoms with Gasteiger partial charge in [-0.3, -0.25) is 0 Å². The summed E-state index contributed by atoms with van der Waals surface area (Å²) < 4.78 is 0. The molecule has 0 aliphatic heterocycles. The van der Waals surface area contributed by atoms with Crippen LogP contribution in [0.25, 0.3) is 0 Å². The molecule has 0 atom stereocenters. The van der Waals surface area contributed by atoms with Gasteiger partial charge >= 0.3 is 0 Å². The number of nitrogens with zero attached hydrogens (tertiary/aromatic N) is 1. The highest BCUT2D eigenvalue weighted by molar-refractivity contribution is 5.23. The van der Waals surface area contributed by atoms with Crippen LogP contribution >= 0.6 is 0 Å². The third-order valence-corrected chi connectivity index (χ3v) is 1.22.